The molecule has 1 nitrogen and oxygen atoms in total. The highest BCUT2D eigenvalue weighted by atomic mass is 14.7. The molecule has 2 rings (SSSR count). The molecule has 4 atom stereocenters. The van der Waals surface area contributed by atoms with E-state index in [0.29, 0.717) is 12.0 Å². The predicted molar refractivity (Wildman–Crippen MR) is 47.0 cm³/mol. The fourth-order valence-electron chi connectivity index (χ4n) is 2.84. The molecule has 2 bridgehead atoms. The fourth-order valence-corrected chi connectivity index (χ4v) is 2.84. The number of hydrogen-bond acceptors (Lipinski definition) is 1. The number of rotatable bonds is 1. The number of allylic oxidation sites excluding steroid dienone is 1. The molecule has 0 aliphatic heterocycles. The Kier molecular flexibility index (Phi) is 1.57. The van der Waals surface area contributed by atoms with Gasteiger partial charge in [-0.15, -0.1) is 0 Å². The minimum Gasteiger partial charge on any atom is -0.327 e. The molecule has 1 fully saturated rings. The predicted octanol–water partition coefficient (Wildman–Crippen LogP) is 1.79. The molecule has 1 saturated carbocycles. The third-order valence-corrected chi connectivity index (χ3v) is 3.35. The summed E-state index contributed by atoms with van der Waals surface area (Å²) >= 11 is 0. The van der Waals surface area contributed by atoms with Gasteiger partial charge < -0.3 is 5.73 Å². The summed E-state index contributed by atoms with van der Waals surface area (Å²) in [5.41, 5.74) is 6.11. The van der Waals surface area contributed by atoms with Crippen molar-refractivity contribution < 1.29 is 0 Å². The second-order valence-corrected chi connectivity index (χ2v) is 4.35. The Hall–Kier alpha value is -0.300. The minimum atomic E-state index is 0.449. The first-order valence-corrected chi connectivity index (χ1v) is 4.64. The molecule has 0 aromatic carbocycles. The summed E-state index contributed by atoms with van der Waals surface area (Å²) in [4.78, 5) is 0. The van der Waals surface area contributed by atoms with Crippen LogP contribution in [-0.4, -0.2) is 6.04 Å². The standard InChI is InChI=1S/C10H17N/c1-6(2)9-7-3-4-8(5-7)10(9)11/h3-4,6-10H,5,11H2,1-2H3. The second-order valence-electron chi connectivity index (χ2n) is 4.35. The zero-order valence-corrected chi connectivity index (χ0v) is 7.33. The van der Waals surface area contributed by atoms with Gasteiger partial charge in [-0.2, -0.15) is 0 Å². The lowest BCUT2D eigenvalue weighted by Crippen LogP contribution is -2.36. The van der Waals surface area contributed by atoms with E-state index in [-0.39, 0.29) is 0 Å². The van der Waals surface area contributed by atoms with Gasteiger partial charge >= 0.3 is 0 Å². The van der Waals surface area contributed by atoms with Crippen LogP contribution in [0.25, 0.3) is 0 Å². The molecule has 2 aliphatic rings. The monoisotopic (exact) mass is 151 g/mol. The van der Waals surface area contributed by atoms with E-state index in [1.807, 2.05) is 0 Å². The maximum Gasteiger partial charge on any atom is 0.0139 e. The summed E-state index contributed by atoms with van der Waals surface area (Å²) < 4.78 is 0. The van der Waals surface area contributed by atoms with Crippen molar-refractivity contribution in [2.75, 3.05) is 0 Å². The number of hydrogen-bond donors (Lipinski definition) is 1. The van der Waals surface area contributed by atoms with E-state index < -0.39 is 0 Å². The molecule has 0 amide bonds. The smallest absolute Gasteiger partial charge is 0.0139 e. The molecule has 11 heavy (non-hydrogen) atoms. The van der Waals surface area contributed by atoms with Crippen LogP contribution >= 0.6 is 0 Å². The van der Waals surface area contributed by atoms with E-state index in [9.17, 15) is 0 Å². The van der Waals surface area contributed by atoms with Crippen molar-refractivity contribution in [2.45, 2.75) is 26.3 Å². The normalized spacial score (nSPS) is 47.6. The van der Waals surface area contributed by atoms with E-state index in [1.165, 1.54) is 6.42 Å². The van der Waals surface area contributed by atoms with Gasteiger partial charge in [-0.05, 0) is 30.1 Å². The molecule has 2 aliphatic carbocycles. The van der Waals surface area contributed by atoms with Crippen molar-refractivity contribution in [3.63, 3.8) is 0 Å². The molecule has 62 valence electrons. The lowest BCUT2D eigenvalue weighted by atomic mass is 9.81. The molecule has 0 heterocycles. The zero-order chi connectivity index (χ0) is 8.01. The van der Waals surface area contributed by atoms with Crippen LogP contribution < -0.4 is 5.73 Å². The maximum atomic E-state index is 6.11. The van der Waals surface area contributed by atoms with Gasteiger partial charge in [0.1, 0.15) is 0 Å². The van der Waals surface area contributed by atoms with Crippen molar-refractivity contribution in [3.05, 3.63) is 12.2 Å². The first-order chi connectivity index (χ1) is 5.20. The Morgan fingerprint density at radius 3 is 2.27 bits per heavy atom. The van der Waals surface area contributed by atoms with Crippen molar-refractivity contribution in [1.29, 1.82) is 0 Å². The molecular formula is C10H17N. The quantitative estimate of drug-likeness (QED) is 0.568. The zero-order valence-electron chi connectivity index (χ0n) is 7.33. The highest BCUT2D eigenvalue weighted by molar-refractivity contribution is 5.15. The summed E-state index contributed by atoms with van der Waals surface area (Å²) in [6, 6.07) is 0.449. The van der Waals surface area contributed by atoms with Gasteiger partial charge in [-0.25, -0.2) is 0 Å². The summed E-state index contributed by atoms with van der Waals surface area (Å²) in [5, 5.41) is 0. The van der Waals surface area contributed by atoms with Crippen LogP contribution in [-0.2, 0) is 0 Å². The first kappa shape index (κ1) is 7.35. The van der Waals surface area contributed by atoms with Gasteiger partial charge in [0.05, 0.1) is 0 Å². The van der Waals surface area contributed by atoms with Crippen LogP contribution in [0.15, 0.2) is 12.2 Å². The molecule has 4 unspecified atom stereocenters. The molecule has 0 spiro atoms. The highest BCUT2D eigenvalue weighted by Crippen LogP contribution is 2.45. The SMILES string of the molecule is CC(C)C1C2C=CC(C2)C1N. The van der Waals surface area contributed by atoms with Gasteiger partial charge in [0.15, 0.2) is 0 Å². The van der Waals surface area contributed by atoms with Crippen LogP contribution in [0, 0.1) is 23.7 Å². The van der Waals surface area contributed by atoms with E-state index >= 15 is 0 Å². The first-order valence-electron chi connectivity index (χ1n) is 4.64. The van der Waals surface area contributed by atoms with Gasteiger partial charge in [0, 0.05) is 6.04 Å². The van der Waals surface area contributed by atoms with Crippen LogP contribution in [0.5, 0.6) is 0 Å². The van der Waals surface area contributed by atoms with Gasteiger partial charge in [-0.3, -0.25) is 0 Å². The lowest BCUT2D eigenvalue weighted by molar-refractivity contribution is 0.294. The van der Waals surface area contributed by atoms with E-state index in [1.54, 1.807) is 0 Å². The van der Waals surface area contributed by atoms with Crippen LogP contribution in [0.4, 0.5) is 0 Å². The van der Waals surface area contributed by atoms with Gasteiger partial charge in [-0.1, -0.05) is 26.0 Å². The topological polar surface area (TPSA) is 26.0 Å². The number of fused-ring (bicyclic) bond motifs is 2. The Morgan fingerprint density at radius 2 is 1.91 bits per heavy atom. The van der Waals surface area contributed by atoms with Crippen LogP contribution in [0.2, 0.25) is 0 Å². The summed E-state index contributed by atoms with van der Waals surface area (Å²) in [7, 11) is 0. The Labute approximate surface area is 68.7 Å². The van der Waals surface area contributed by atoms with Crippen molar-refractivity contribution in [1.82, 2.24) is 0 Å². The summed E-state index contributed by atoms with van der Waals surface area (Å²) in [6.07, 6.45) is 6.01. The van der Waals surface area contributed by atoms with Crippen molar-refractivity contribution in [2.24, 2.45) is 29.4 Å². The Morgan fingerprint density at radius 1 is 1.27 bits per heavy atom. The minimum absolute atomic E-state index is 0.449. The summed E-state index contributed by atoms with van der Waals surface area (Å²) in [6.45, 7) is 4.58. The second kappa shape index (κ2) is 2.34. The van der Waals surface area contributed by atoms with Gasteiger partial charge in [0.2, 0.25) is 0 Å². The fraction of sp³-hybridized carbons (Fsp3) is 0.800. The third-order valence-electron chi connectivity index (χ3n) is 3.35. The molecule has 0 aromatic heterocycles. The molecular weight excluding hydrogens is 134 g/mol. The number of nitrogens with two attached hydrogens (primary N) is 1. The molecule has 2 N–H and O–H groups in total. The van der Waals surface area contributed by atoms with Crippen LogP contribution in [0.1, 0.15) is 20.3 Å². The van der Waals surface area contributed by atoms with E-state index in [2.05, 4.69) is 26.0 Å². The largest absolute Gasteiger partial charge is 0.327 e. The van der Waals surface area contributed by atoms with Crippen molar-refractivity contribution in [3.8, 4) is 0 Å². The average Bonchev–Trinajstić information content (AvgIpc) is 2.44. The average molecular weight is 151 g/mol. The van der Waals surface area contributed by atoms with E-state index in [0.717, 1.165) is 17.8 Å². The highest BCUT2D eigenvalue weighted by Gasteiger charge is 2.43. The molecule has 0 aromatic rings. The Bertz CT molecular complexity index is 183. The Balaban J connectivity index is 2.18. The maximum absolute atomic E-state index is 6.11. The lowest BCUT2D eigenvalue weighted by Gasteiger charge is -2.27. The summed E-state index contributed by atoms with van der Waals surface area (Å²) in [5.74, 6) is 3.01. The van der Waals surface area contributed by atoms with E-state index in [4.69, 9.17) is 5.73 Å². The molecule has 1 heteroatoms. The molecule has 0 saturated heterocycles. The third kappa shape index (κ3) is 0.943. The van der Waals surface area contributed by atoms with Crippen molar-refractivity contribution >= 4 is 0 Å². The van der Waals surface area contributed by atoms with Gasteiger partial charge in [0.25, 0.3) is 0 Å². The molecule has 0 radical (unpaired) electrons. The van der Waals surface area contributed by atoms with Crippen LogP contribution in [0.3, 0.4) is 0 Å².